The molecule has 5 heteroatoms. The minimum atomic E-state index is 0.553. The van der Waals surface area contributed by atoms with E-state index >= 15 is 0 Å². The van der Waals surface area contributed by atoms with E-state index in [4.69, 9.17) is 27.9 Å². The van der Waals surface area contributed by atoms with Crippen molar-refractivity contribution in [1.82, 2.24) is 4.98 Å². The molecule has 0 fully saturated rings. The van der Waals surface area contributed by atoms with Crippen LogP contribution in [0.3, 0.4) is 0 Å². The van der Waals surface area contributed by atoms with Crippen LogP contribution in [0.25, 0.3) is 0 Å². The Morgan fingerprint density at radius 2 is 2.06 bits per heavy atom. The van der Waals surface area contributed by atoms with Crippen LogP contribution in [0, 0.1) is 0 Å². The number of hydrogen-bond donors (Lipinski definition) is 1. The van der Waals surface area contributed by atoms with E-state index in [0.29, 0.717) is 22.5 Å². The summed E-state index contributed by atoms with van der Waals surface area (Å²) in [6.45, 7) is 0.553. The predicted molar refractivity (Wildman–Crippen MR) is 74.6 cm³/mol. The van der Waals surface area contributed by atoms with Gasteiger partial charge in [0.1, 0.15) is 0 Å². The highest BCUT2D eigenvalue weighted by atomic mass is 35.5. The quantitative estimate of drug-likeness (QED) is 0.920. The zero-order chi connectivity index (χ0) is 13.0. The highest BCUT2D eigenvalue weighted by Crippen LogP contribution is 2.25. The molecule has 2 rings (SSSR count). The summed E-state index contributed by atoms with van der Waals surface area (Å²) in [4.78, 5) is 4.30. The first-order chi connectivity index (χ1) is 8.69. The van der Waals surface area contributed by atoms with E-state index in [1.165, 1.54) is 0 Å². The van der Waals surface area contributed by atoms with Gasteiger partial charge >= 0.3 is 0 Å². The van der Waals surface area contributed by atoms with Gasteiger partial charge in [-0.3, -0.25) is 0 Å². The molecule has 1 N–H and O–H groups in total. The van der Waals surface area contributed by atoms with E-state index in [9.17, 15) is 0 Å². The van der Waals surface area contributed by atoms with Crippen LogP contribution in [-0.4, -0.2) is 12.1 Å². The molecule has 0 aliphatic heterocycles. The molecule has 0 atom stereocenters. The van der Waals surface area contributed by atoms with Gasteiger partial charge < -0.3 is 10.1 Å². The van der Waals surface area contributed by atoms with Crippen molar-refractivity contribution >= 4 is 28.9 Å². The number of anilines is 1. The first-order valence-electron chi connectivity index (χ1n) is 5.38. The van der Waals surface area contributed by atoms with Crippen molar-refractivity contribution in [3.8, 4) is 5.88 Å². The summed E-state index contributed by atoms with van der Waals surface area (Å²) in [5, 5.41) is 4.45. The van der Waals surface area contributed by atoms with E-state index in [0.717, 1.165) is 11.4 Å². The van der Waals surface area contributed by atoms with Gasteiger partial charge in [0.25, 0.3) is 0 Å². The third-order valence-electron chi connectivity index (χ3n) is 2.38. The molecule has 0 saturated carbocycles. The Labute approximate surface area is 116 Å². The minimum absolute atomic E-state index is 0.553. The topological polar surface area (TPSA) is 34.1 Å². The van der Waals surface area contributed by atoms with Crippen molar-refractivity contribution in [1.29, 1.82) is 0 Å². The summed E-state index contributed by atoms with van der Waals surface area (Å²) in [7, 11) is 1.59. The van der Waals surface area contributed by atoms with Crippen LogP contribution in [0.1, 0.15) is 5.69 Å². The predicted octanol–water partition coefficient (Wildman–Crippen LogP) is 4.01. The Morgan fingerprint density at radius 3 is 2.83 bits per heavy atom. The van der Waals surface area contributed by atoms with Gasteiger partial charge in [-0.05, 0) is 24.3 Å². The monoisotopic (exact) mass is 282 g/mol. The van der Waals surface area contributed by atoms with Gasteiger partial charge in [0.15, 0.2) is 0 Å². The zero-order valence-corrected chi connectivity index (χ0v) is 11.3. The summed E-state index contributed by atoms with van der Waals surface area (Å²) in [5.41, 5.74) is 1.65. The fourth-order valence-electron chi connectivity index (χ4n) is 1.49. The minimum Gasteiger partial charge on any atom is -0.481 e. The van der Waals surface area contributed by atoms with Crippen LogP contribution in [0.2, 0.25) is 10.0 Å². The standard InChI is InChI=1S/C13H12Cl2N2O/c1-18-13-4-2-3-10(17-13)8-16-12-7-9(14)5-6-11(12)15/h2-7,16H,8H2,1H3. The van der Waals surface area contributed by atoms with Crippen LogP contribution in [-0.2, 0) is 6.54 Å². The van der Waals surface area contributed by atoms with Crippen LogP contribution < -0.4 is 10.1 Å². The molecule has 0 saturated heterocycles. The molecule has 2 aromatic rings. The number of nitrogens with zero attached hydrogens (tertiary/aromatic N) is 1. The van der Waals surface area contributed by atoms with E-state index < -0.39 is 0 Å². The normalized spacial score (nSPS) is 10.2. The molecule has 18 heavy (non-hydrogen) atoms. The Balaban J connectivity index is 2.08. The summed E-state index contributed by atoms with van der Waals surface area (Å²) < 4.78 is 5.06. The number of pyridine rings is 1. The number of rotatable bonds is 4. The lowest BCUT2D eigenvalue weighted by Crippen LogP contribution is -2.02. The number of halogens is 2. The third kappa shape index (κ3) is 3.28. The van der Waals surface area contributed by atoms with E-state index in [1.807, 2.05) is 12.1 Å². The molecule has 94 valence electrons. The molecule has 0 spiro atoms. The summed E-state index contributed by atoms with van der Waals surface area (Å²) in [5.74, 6) is 0.589. The molecule has 1 heterocycles. The largest absolute Gasteiger partial charge is 0.481 e. The van der Waals surface area contributed by atoms with Gasteiger partial charge in [-0.1, -0.05) is 29.3 Å². The lowest BCUT2D eigenvalue weighted by atomic mass is 10.3. The summed E-state index contributed by atoms with van der Waals surface area (Å²) >= 11 is 12.0. The molecule has 0 bridgehead atoms. The fourth-order valence-corrected chi connectivity index (χ4v) is 1.84. The average Bonchev–Trinajstić information content (AvgIpc) is 2.40. The van der Waals surface area contributed by atoms with Crippen molar-refractivity contribution < 1.29 is 4.74 Å². The molecule has 0 aliphatic rings. The van der Waals surface area contributed by atoms with Gasteiger partial charge in [-0.2, -0.15) is 0 Å². The van der Waals surface area contributed by atoms with E-state index in [-0.39, 0.29) is 0 Å². The number of hydrogen-bond acceptors (Lipinski definition) is 3. The maximum atomic E-state index is 6.05. The van der Waals surface area contributed by atoms with Crippen molar-refractivity contribution in [2.24, 2.45) is 0 Å². The van der Waals surface area contributed by atoms with Crippen LogP contribution in [0.4, 0.5) is 5.69 Å². The molecular weight excluding hydrogens is 271 g/mol. The van der Waals surface area contributed by atoms with E-state index in [2.05, 4.69) is 10.3 Å². The molecule has 0 unspecified atom stereocenters. The Bertz CT molecular complexity index is 546. The Hall–Kier alpha value is -1.45. The zero-order valence-electron chi connectivity index (χ0n) is 9.78. The second-order valence-electron chi connectivity index (χ2n) is 3.65. The van der Waals surface area contributed by atoms with Crippen molar-refractivity contribution in [3.05, 3.63) is 52.1 Å². The van der Waals surface area contributed by atoms with Gasteiger partial charge in [-0.25, -0.2) is 4.98 Å². The second-order valence-corrected chi connectivity index (χ2v) is 4.49. The van der Waals surface area contributed by atoms with Gasteiger partial charge in [0, 0.05) is 11.1 Å². The van der Waals surface area contributed by atoms with Gasteiger partial charge in [0.2, 0.25) is 5.88 Å². The first-order valence-corrected chi connectivity index (χ1v) is 6.13. The maximum Gasteiger partial charge on any atom is 0.213 e. The van der Waals surface area contributed by atoms with Crippen molar-refractivity contribution in [2.75, 3.05) is 12.4 Å². The molecule has 3 nitrogen and oxygen atoms in total. The lowest BCUT2D eigenvalue weighted by Gasteiger charge is -2.09. The molecule has 0 amide bonds. The van der Waals surface area contributed by atoms with Gasteiger partial charge in [0.05, 0.1) is 30.1 Å². The smallest absolute Gasteiger partial charge is 0.213 e. The van der Waals surface area contributed by atoms with E-state index in [1.54, 1.807) is 31.4 Å². The third-order valence-corrected chi connectivity index (χ3v) is 2.94. The number of ether oxygens (including phenoxy) is 1. The summed E-state index contributed by atoms with van der Waals surface area (Å²) in [6.07, 6.45) is 0. The second kappa shape index (κ2) is 5.94. The summed E-state index contributed by atoms with van der Waals surface area (Å²) in [6, 6.07) is 10.9. The highest BCUT2D eigenvalue weighted by molar-refractivity contribution is 6.35. The molecule has 0 aliphatic carbocycles. The van der Waals surface area contributed by atoms with Crippen molar-refractivity contribution in [3.63, 3.8) is 0 Å². The molecule has 0 radical (unpaired) electrons. The first kappa shape index (κ1) is 13.0. The molecular formula is C13H12Cl2N2O. The fraction of sp³-hybridized carbons (Fsp3) is 0.154. The number of benzene rings is 1. The SMILES string of the molecule is COc1cccc(CNc2cc(Cl)ccc2Cl)n1. The van der Waals surface area contributed by atoms with Crippen LogP contribution in [0.15, 0.2) is 36.4 Å². The number of methoxy groups -OCH3 is 1. The number of nitrogens with one attached hydrogen (secondary N) is 1. The highest BCUT2D eigenvalue weighted by Gasteiger charge is 2.02. The Morgan fingerprint density at radius 1 is 1.22 bits per heavy atom. The molecule has 1 aromatic carbocycles. The molecule has 1 aromatic heterocycles. The van der Waals surface area contributed by atoms with Crippen LogP contribution >= 0.6 is 23.2 Å². The maximum absolute atomic E-state index is 6.05. The van der Waals surface area contributed by atoms with Crippen LogP contribution in [0.5, 0.6) is 5.88 Å². The number of aromatic nitrogens is 1. The average molecular weight is 283 g/mol. The van der Waals surface area contributed by atoms with Gasteiger partial charge in [-0.15, -0.1) is 0 Å². The Kier molecular flexibility index (Phi) is 4.28. The lowest BCUT2D eigenvalue weighted by molar-refractivity contribution is 0.396. The van der Waals surface area contributed by atoms with Crippen molar-refractivity contribution in [2.45, 2.75) is 6.54 Å².